The molecule has 0 radical (unpaired) electrons. The highest BCUT2D eigenvalue weighted by molar-refractivity contribution is 6.17. The van der Waals surface area contributed by atoms with Crippen molar-refractivity contribution in [1.82, 2.24) is 4.57 Å². The lowest BCUT2D eigenvalue weighted by Crippen LogP contribution is -1.99. The van der Waals surface area contributed by atoms with Crippen LogP contribution in [0.25, 0.3) is 10.9 Å². The number of aromatic nitrogens is 1. The van der Waals surface area contributed by atoms with Gasteiger partial charge < -0.3 is 9.30 Å². The topological polar surface area (TPSA) is 31.2 Å². The molecule has 0 amide bonds. The van der Waals surface area contributed by atoms with Crippen LogP contribution in [0.4, 0.5) is 0 Å². The molecule has 2 aromatic rings. The number of ketones is 1. The number of hydrogen-bond acceptors (Lipinski definition) is 2. The van der Waals surface area contributed by atoms with Gasteiger partial charge in [-0.2, -0.15) is 0 Å². The average molecular weight is 358 g/mol. The number of aryl methyl sites for hydroxylation is 1. The molecule has 0 aliphatic rings. The monoisotopic (exact) mass is 357 g/mol. The summed E-state index contributed by atoms with van der Waals surface area (Å²) in [6.07, 6.45) is 18.8. The number of rotatable bonds is 8. The number of terminal acetylenes is 1. The van der Waals surface area contributed by atoms with Gasteiger partial charge in [-0.05, 0) is 19.4 Å². The molecular formula is C21H24ClNO2. The summed E-state index contributed by atoms with van der Waals surface area (Å²) in [6, 6.07) is 5.80. The Balaban J connectivity index is 0.00000151. The molecule has 1 aromatic carbocycles. The maximum Gasteiger partial charge on any atom is 0.168 e. The van der Waals surface area contributed by atoms with Crippen molar-refractivity contribution in [2.24, 2.45) is 0 Å². The quantitative estimate of drug-likeness (QED) is 0.280. The predicted octanol–water partition coefficient (Wildman–Crippen LogP) is 5.23. The van der Waals surface area contributed by atoms with E-state index in [1.165, 1.54) is 0 Å². The van der Waals surface area contributed by atoms with Gasteiger partial charge in [-0.15, -0.1) is 24.4 Å². The summed E-state index contributed by atoms with van der Waals surface area (Å²) in [5.41, 5.74) is 1.69. The van der Waals surface area contributed by atoms with Crippen LogP contribution in [-0.4, -0.2) is 23.3 Å². The Morgan fingerprint density at radius 2 is 2.08 bits per heavy atom. The SMILES string of the molecule is C#C.C/C=C\C=C/CC(=O)c1cn(CCCCl)c2c(OC)cccc12. The van der Waals surface area contributed by atoms with Crippen LogP contribution in [0.1, 0.15) is 30.1 Å². The summed E-state index contributed by atoms with van der Waals surface area (Å²) in [7, 11) is 1.65. The van der Waals surface area contributed by atoms with Crippen LogP contribution >= 0.6 is 11.6 Å². The lowest BCUT2D eigenvalue weighted by Gasteiger charge is -2.07. The predicted molar refractivity (Wildman–Crippen MR) is 107 cm³/mol. The molecule has 0 fully saturated rings. The van der Waals surface area contributed by atoms with Crippen LogP contribution in [-0.2, 0) is 6.54 Å². The fourth-order valence-corrected chi connectivity index (χ4v) is 2.71. The lowest BCUT2D eigenvalue weighted by atomic mass is 10.1. The fraction of sp³-hybridized carbons (Fsp3) is 0.286. The van der Waals surface area contributed by atoms with E-state index in [2.05, 4.69) is 17.4 Å². The average Bonchev–Trinajstić information content (AvgIpc) is 3.04. The number of nitrogens with zero attached hydrogens (tertiary/aromatic N) is 1. The summed E-state index contributed by atoms with van der Waals surface area (Å²) in [5.74, 6) is 1.47. The molecule has 1 heterocycles. The third-order valence-electron chi connectivity index (χ3n) is 3.66. The van der Waals surface area contributed by atoms with Gasteiger partial charge in [0.1, 0.15) is 5.75 Å². The molecular weight excluding hydrogens is 334 g/mol. The zero-order valence-electron chi connectivity index (χ0n) is 14.7. The van der Waals surface area contributed by atoms with Crippen LogP contribution < -0.4 is 4.74 Å². The molecule has 0 spiro atoms. The zero-order chi connectivity index (χ0) is 18.7. The number of para-hydroxylation sites is 1. The number of hydrogen-bond donors (Lipinski definition) is 0. The highest BCUT2D eigenvalue weighted by Crippen LogP contribution is 2.30. The standard InChI is InChI=1S/C19H22ClNO2.C2H2/c1-3-4-5-6-10-17(22)16-14-21(13-8-12-20)19-15(16)9-7-11-18(19)23-2;1-2/h3-7,9,11,14H,8,10,12-13H2,1-2H3;1-2H/b4-3-,6-5-;. The van der Waals surface area contributed by atoms with Gasteiger partial charge in [0.25, 0.3) is 0 Å². The Morgan fingerprint density at radius 3 is 2.72 bits per heavy atom. The van der Waals surface area contributed by atoms with Crippen molar-refractivity contribution < 1.29 is 9.53 Å². The number of methoxy groups -OCH3 is 1. The van der Waals surface area contributed by atoms with Gasteiger partial charge in [-0.3, -0.25) is 4.79 Å². The molecule has 0 N–H and O–H groups in total. The van der Waals surface area contributed by atoms with Crippen LogP contribution in [0.5, 0.6) is 5.75 Å². The molecule has 0 atom stereocenters. The summed E-state index contributed by atoms with van der Waals surface area (Å²) in [4.78, 5) is 12.6. The molecule has 0 aliphatic carbocycles. The lowest BCUT2D eigenvalue weighted by molar-refractivity contribution is 0.0997. The Kier molecular flexibility index (Phi) is 9.21. The summed E-state index contributed by atoms with van der Waals surface area (Å²) >= 11 is 5.82. The minimum absolute atomic E-state index is 0.105. The van der Waals surface area contributed by atoms with Crippen LogP contribution in [0.3, 0.4) is 0 Å². The minimum atomic E-state index is 0.105. The number of Topliss-reactive ketones (excluding diaryl/α,β-unsaturated/α-hetero) is 1. The first-order chi connectivity index (χ1) is 12.2. The minimum Gasteiger partial charge on any atom is -0.495 e. The summed E-state index contributed by atoms with van der Waals surface area (Å²) in [5, 5.41) is 0.934. The van der Waals surface area contributed by atoms with Crippen molar-refractivity contribution in [3.63, 3.8) is 0 Å². The molecule has 132 valence electrons. The van der Waals surface area contributed by atoms with Crippen molar-refractivity contribution in [2.45, 2.75) is 26.3 Å². The molecule has 0 aliphatic heterocycles. The number of carbonyl (C=O) groups excluding carboxylic acids is 1. The van der Waals surface area contributed by atoms with E-state index in [4.69, 9.17) is 16.3 Å². The maximum absolute atomic E-state index is 12.6. The second kappa shape index (κ2) is 11.2. The van der Waals surface area contributed by atoms with Crippen molar-refractivity contribution in [2.75, 3.05) is 13.0 Å². The van der Waals surface area contributed by atoms with Gasteiger partial charge in [0.15, 0.2) is 5.78 Å². The van der Waals surface area contributed by atoms with E-state index >= 15 is 0 Å². The number of carbonyl (C=O) groups is 1. The Hall–Kier alpha value is -2.44. The van der Waals surface area contributed by atoms with E-state index in [1.807, 2.05) is 55.6 Å². The van der Waals surface area contributed by atoms with E-state index in [0.717, 1.165) is 35.2 Å². The third-order valence-corrected chi connectivity index (χ3v) is 3.92. The van der Waals surface area contributed by atoms with Gasteiger partial charge >= 0.3 is 0 Å². The Morgan fingerprint density at radius 1 is 1.32 bits per heavy atom. The second-order valence-corrected chi connectivity index (χ2v) is 5.59. The van der Waals surface area contributed by atoms with E-state index in [1.54, 1.807) is 7.11 Å². The van der Waals surface area contributed by atoms with E-state index in [0.29, 0.717) is 12.3 Å². The first-order valence-electron chi connectivity index (χ1n) is 8.09. The van der Waals surface area contributed by atoms with Gasteiger partial charge in [-0.25, -0.2) is 0 Å². The Labute approximate surface area is 154 Å². The highest BCUT2D eigenvalue weighted by atomic mass is 35.5. The van der Waals surface area contributed by atoms with Crippen LogP contribution in [0.15, 0.2) is 48.7 Å². The molecule has 0 bridgehead atoms. The number of fused-ring (bicyclic) bond motifs is 1. The first-order valence-corrected chi connectivity index (χ1v) is 8.62. The second-order valence-electron chi connectivity index (χ2n) is 5.22. The molecule has 2 rings (SSSR count). The normalized spacial score (nSPS) is 10.9. The number of alkyl halides is 1. The van der Waals surface area contributed by atoms with Crippen molar-refractivity contribution in [1.29, 1.82) is 0 Å². The smallest absolute Gasteiger partial charge is 0.168 e. The summed E-state index contributed by atoms with van der Waals surface area (Å²) in [6.45, 7) is 2.71. The van der Waals surface area contributed by atoms with E-state index < -0.39 is 0 Å². The summed E-state index contributed by atoms with van der Waals surface area (Å²) < 4.78 is 7.53. The third kappa shape index (κ3) is 5.27. The molecule has 3 nitrogen and oxygen atoms in total. The fourth-order valence-electron chi connectivity index (χ4n) is 2.59. The zero-order valence-corrected chi connectivity index (χ0v) is 15.5. The van der Waals surface area contributed by atoms with Gasteiger partial charge in [0.05, 0.1) is 12.6 Å². The van der Waals surface area contributed by atoms with Crippen LogP contribution in [0.2, 0.25) is 0 Å². The molecule has 1 aromatic heterocycles. The van der Waals surface area contributed by atoms with Gasteiger partial charge in [0.2, 0.25) is 0 Å². The van der Waals surface area contributed by atoms with Gasteiger partial charge in [0, 0.05) is 36.0 Å². The molecule has 4 heteroatoms. The Bertz CT molecular complexity index is 769. The maximum atomic E-state index is 12.6. The first kappa shape index (κ1) is 20.6. The molecule has 0 saturated heterocycles. The number of benzene rings is 1. The van der Waals surface area contributed by atoms with Crippen LogP contribution in [0, 0.1) is 12.8 Å². The van der Waals surface area contributed by atoms with Gasteiger partial charge in [-0.1, -0.05) is 36.4 Å². The number of ether oxygens (including phenoxy) is 1. The van der Waals surface area contributed by atoms with E-state index in [-0.39, 0.29) is 5.78 Å². The van der Waals surface area contributed by atoms with E-state index in [9.17, 15) is 4.79 Å². The molecule has 0 unspecified atom stereocenters. The van der Waals surface area contributed by atoms with Crippen molar-refractivity contribution in [3.8, 4) is 18.6 Å². The number of allylic oxidation sites excluding steroid dienone is 4. The molecule has 0 saturated carbocycles. The highest BCUT2D eigenvalue weighted by Gasteiger charge is 2.16. The molecule has 25 heavy (non-hydrogen) atoms. The van der Waals surface area contributed by atoms with Crippen molar-refractivity contribution in [3.05, 3.63) is 54.3 Å². The number of halogens is 1. The largest absolute Gasteiger partial charge is 0.495 e. The van der Waals surface area contributed by atoms with Crippen molar-refractivity contribution >= 4 is 28.3 Å².